The fourth-order valence-corrected chi connectivity index (χ4v) is 3.21. The van der Waals surface area contributed by atoms with Gasteiger partial charge in [0.15, 0.2) is 0 Å². The quantitative estimate of drug-likeness (QED) is 0.600. The minimum Gasteiger partial charge on any atom is -0.399 e. The third-order valence-electron chi connectivity index (χ3n) is 2.94. The van der Waals surface area contributed by atoms with Gasteiger partial charge in [0.25, 0.3) is 0 Å². The lowest BCUT2D eigenvalue weighted by atomic mass is 10.2. The van der Waals surface area contributed by atoms with Crippen molar-refractivity contribution in [1.82, 2.24) is 5.32 Å². The molecule has 6 heteroatoms. The number of carbonyl (C=O) groups excluding carboxylic acids is 1. The van der Waals surface area contributed by atoms with Gasteiger partial charge in [-0.3, -0.25) is 9.00 Å². The van der Waals surface area contributed by atoms with Crippen molar-refractivity contribution < 1.29 is 9.00 Å². The number of amides is 1. The number of nitrogens with two attached hydrogens (primary N) is 1. The Morgan fingerprint density at radius 3 is 2.80 bits per heavy atom. The number of anilines is 1. The highest BCUT2D eigenvalue weighted by atomic mass is 35.5. The summed E-state index contributed by atoms with van der Waals surface area (Å²) < 4.78 is 12.4. The van der Waals surface area contributed by atoms with Gasteiger partial charge in [-0.05, 0) is 31.5 Å². The van der Waals surface area contributed by atoms with E-state index >= 15 is 0 Å². The molecule has 0 aromatic heterocycles. The molecule has 2 atom stereocenters. The predicted octanol–water partition coefficient (Wildman–Crippen LogP) is 2.72. The normalized spacial score (nSPS) is 13.8. The van der Waals surface area contributed by atoms with Crippen molar-refractivity contribution in [3.8, 4) is 0 Å². The molecule has 4 nitrogen and oxygen atoms in total. The van der Waals surface area contributed by atoms with Crippen LogP contribution in [0.15, 0.2) is 23.1 Å². The molecule has 0 aliphatic carbocycles. The summed E-state index contributed by atoms with van der Waals surface area (Å²) in [6.07, 6.45) is 3.09. The maximum absolute atomic E-state index is 12.4. The number of carbonyl (C=O) groups is 1. The lowest BCUT2D eigenvalue weighted by molar-refractivity contribution is -0.120. The molecule has 0 heterocycles. The molecule has 20 heavy (non-hydrogen) atoms. The van der Waals surface area contributed by atoms with Crippen molar-refractivity contribution in [3.05, 3.63) is 23.2 Å². The molecule has 0 fully saturated rings. The molecule has 0 bridgehead atoms. The second-order valence-electron chi connectivity index (χ2n) is 4.63. The number of hydrogen-bond acceptors (Lipinski definition) is 3. The summed E-state index contributed by atoms with van der Waals surface area (Å²) in [6.45, 7) is 4.34. The van der Waals surface area contributed by atoms with Crippen LogP contribution in [0.2, 0.25) is 5.02 Å². The van der Waals surface area contributed by atoms with Crippen molar-refractivity contribution in [2.45, 2.75) is 43.3 Å². The van der Waals surface area contributed by atoms with E-state index in [1.165, 1.54) is 0 Å². The van der Waals surface area contributed by atoms with Gasteiger partial charge in [-0.15, -0.1) is 0 Å². The minimum absolute atomic E-state index is 0.224. The van der Waals surface area contributed by atoms with Crippen molar-refractivity contribution in [2.24, 2.45) is 0 Å². The Bertz CT molecular complexity index is 494. The Hall–Kier alpha value is -1.07. The van der Waals surface area contributed by atoms with Crippen molar-refractivity contribution in [1.29, 1.82) is 0 Å². The molecule has 0 saturated carbocycles. The van der Waals surface area contributed by atoms with E-state index in [4.69, 9.17) is 17.3 Å². The van der Waals surface area contributed by atoms with Gasteiger partial charge in [-0.25, -0.2) is 0 Å². The maximum Gasteiger partial charge on any atom is 0.235 e. The highest BCUT2D eigenvalue weighted by Gasteiger charge is 2.23. The molecular formula is C14H21ClN2O2S. The fraction of sp³-hybridized carbons (Fsp3) is 0.500. The first-order valence-electron chi connectivity index (χ1n) is 6.70. The summed E-state index contributed by atoms with van der Waals surface area (Å²) in [6, 6.07) is 4.79. The van der Waals surface area contributed by atoms with Gasteiger partial charge < -0.3 is 11.1 Å². The van der Waals surface area contributed by atoms with Gasteiger partial charge in [-0.2, -0.15) is 0 Å². The van der Waals surface area contributed by atoms with Gasteiger partial charge >= 0.3 is 0 Å². The third-order valence-corrected chi connectivity index (χ3v) is 5.01. The van der Waals surface area contributed by atoms with Crippen LogP contribution in [0, 0.1) is 0 Å². The van der Waals surface area contributed by atoms with E-state index in [2.05, 4.69) is 12.2 Å². The van der Waals surface area contributed by atoms with E-state index in [9.17, 15) is 9.00 Å². The van der Waals surface area contributed by atoms with Crippen molar-refractivity contribution in [3.63, 3.8) is 0 Å². The average Bonchev–Trinajstić information content (AvgIpc) is 2.44. The Morgan fingerprint density at radius 2 is 2.15 bits per heavy atom. The predicted molar refractivity (Wildman–Crippen MR) is 84.3 cm³/mol. The minimum atomic E-state index is -1.51. The first kappa shape index (κ1) is 17.0. The van der Waals surface area contributed by atoms with Gasteiger partial charge in [-0.1, -0.05) is 31.4 Å². The van der Waals surface area contributed by atoms with Crippen molar-refractivity contribution >= 4 is 34.0 Å². The molecule has 112 valence electrons. The van der Waals surface area contributed by atoms with Crippen LogP contribution in [-0.2, 0) is 15.6 Å². The summed E-state index contributed by atoms with van der Waals surface area (Å²) in [5.74, 6) is -0.224. The van der Waals surface area contributed by atoms with Crippen LogP contribution in [0.25, 0.3) is 0 Å². The fourth-order valence-electron chi connectivity index (χ4n) is 1.69. The van der Waals surface area contributed by atoms with Crippen LogP contribution in [0.4, 0.5) is 5.69 Å². The lowest BCUT2D eigenvalue weighted by Gasteiger charge is -2.13. The van der Waals surface area contributed by atoms with E-state index < -0.39 is 16.0 Å². The van der Waals surface area contributed by atoms with E-state index in [1.54, 1.807) is 25.1 Å². The number of nitrogens with one attached hydrogen (secondary N) is 1. The Labute approximate surface area is 127 Å². The van der Waals surface area contributed by atoms with E-state index in [0.29, 0.717) is 22.2 Å². The van der Waals surface area contributed by atoms with Gasteiger partial charge in [0.1, 0.15) is 5.25 Å². The zero-order valence-electron chi connectivity index (χ0n) is 11.8. The topological polar surface area (TPSA) is 72.2 Å². The van der Waals surface area contributed by atoms with Crippen LogP contribution in [0.5, 0.6) is 0 Å². The van der Waals surface area contributed by atoms with Crippen LogP contribution in [0.1, 0.15) is 33.1 Å². The molecular weight excluding hydrogens is 296 g/mol. The molecule has 1 amide bonds. The van der Waals surface area contributed by atoms with Crippen LogP contribution in [0.3, 0.4) is 0 Å². The monoisotopic (exact) mass is 316 g/mol. The molecule has 2 unspecified atom stereocenters. The first-order valence-corrected chi connectivity index (χ1v) is 8.29. The summed E-state index contributed by atoms with van der Waals surface area (Å²) >= 11 is 6.01. The van der Waals surface area contributed by atoms with Gasteiger partial charge in [0.05, 0.1) is 20.7 Å². The number of halogens is 1. The number of hydrogen-bond donors (Lipinski definition) is 2. The highest BCUT2D eigenvalue weighted by molar-refractivity contribution is 7.86. The Morgan fingerprint density at radius 1 is 1.45 bits per heavy atom. The molecule has 1 aromatic carbocycles. The maximum atomic E-state index is 12.4. The van der Waals surface area contributed by atoms with E-state index in [0.717, 1.165) is 19.3 Å². The smallest absolute Gasteiger partial charge is 0.235 e. The SMILES string of the molecule is CCCCCNC(=O)C(C)S(=O)c1cc(N)ccc1Cl. The van der Waals surface area contributed by atoms with Gasteiger partial charge in [0.2, 0.25) is 5.91 Å². The van der Waals surface area contributed by atoms with Crippen molar-refractivity contribution in [2.75, 3.05) is 12.3 Å². The lowest BCUT2D eigenvalue weighted by Crippen LogP contribution is -2.36. The zero-order valence-corrected chi connectivity index (χ0v) is 13.4. The summed E-state index contributed by atoms with van der Waals surface area (Å²) in [7, 11) is -1.51. The molecule has 3 N–H and O–H groups in total. The zero-order chi connectivity index (χ0) is 15.1. The number of unbranched alkanes of at least 4 members (excludes halogenated alkanes) is 2. The molecule has 0 radical (unpaired) electrons. The summed E-state index contributed by atoms with van der Waals surface area (Å²) in [5.41, 5.74) is 6.14. The number of nitrogen functional groups attached to an aromatic ring is 1. The Kier molecular flexibility index (Phi) is 7.02. The van der Waals surface area contributed by atoms with E-state index in [-0.39, 0.29) is 5.91 Å². The average molecular weight is 317 g/mol. The summed E-state index contributed by atoms with van der Waals surface area (Å²) in [5, 5.41) is 2.50. The van der Waals surface area contributed by atoms with Crippen LogP contribution >= 0.6 is 11.6 Å². The first-order chi connectivity index (χ1) is 9.47. The van der Waals surface area contributed by atoms with Crippen LogP contribution < -0.4 is 11.1 Å². The van der Waals surface area contributed by atoms with Crippen LogP contribution in [-0.4, -0.2) is 21.9 Å². The molecule has 0 saturated heterocycles. The third kappa shape index (κ3) is 4.80. The van der Waals surface area contributed by atoms with E-state index in [1.807, 2.05) is 0 Å². The standard InChI is InChI=1S/C14H21ClN2O2S/c1-3-4-5-8-17-14(18)10(2)20(19)13-9-11(16)6-7-12(13)15/h6-7,9-10H,3-5,8,16H2,1-2H3,(H,17,18). The Balaban J connectivity index is 2.66. The molecule has 0 aliphatic rings. The largest absolute Gasteiger partial charge is 0.399 e. The highest BCUT2D eigenvalue weighted by Crippen LogP contribution is 2.24. The molecule has 1 rings (SSSR count). The molecule has 0 spiro atoms. The number of benzene rings is 1. The molecule has 1 aromatic rings. The number of rotatable bonds is 7. The second kappa shape index (κ2) is 8.27. The molecule has 0 aliphatic heterocycles. The second-order valence-corrected chi connectivity index (χ2v) is 6.78. The van der Waals surface area contributed by atoms with Gasteiger partial charge in [0, 0.05) is 12.2 Å². The summed E-state index contributed by atoms with van der Waals surface area (Å²) in [4.78, 5) is 12.3.